The van der Waals surface area contributed by atoms with Crippen molar-refractivity contribution in [1.29, 1.82) is 0 Å². The fourth-order valence-electron chi connectivity index (χ4n) is 6.78. The fourth-order valence-corrected chi connectivity index (χ4v) is 7.74. The summed E-state index contributed by atoms with van der Waals surface area (Å²) in [6, 6.07) is 12.5. The van der Waals surface area contributed by atoms with Crippen molar-refractivity contribution in [3.05, 3.63) is 101 Å². The van der Waals surface area contributed by atoms with E-state index in [0.717, 1.165) is 15.8 Å². The fraction of sp³-hybridized carbons (Fsp3) is 0.390. The largest absolute Gasteiger partial charge is 0.384 e. The lowest BCUT2D eigenvalue weighted by atomic mass is 9.87. The van der Waals surface area contributed by atoms with Crippen molar-refractivity contribution >= 4 is 56.9 Å². The topological polar surface area (TPSA) is 223 Å². The van der Waals surface area contributed by atoms with Gasteiger partial charge in [-0.1, -0.05) is 80.6 Å². The van der Waals surface area contributed by atoms with Crippen LogP contribution in [-0.4, -0.2) is 77.1 Å². The number of nitrogens with one attached hydrogen (secondary N) is 5. The predicted octanol–water partition coefficient (Wildman–Crippen LogP) is 2.77. The number of guanidine groups is 1. The van der Waals surface area contributed by atoms with Crippen LogP contribution in [0.1, 0.15) is 61.8 Å². The van der Waals surface area contributed by atoms with E-state index in [4.69, 9.17) is 11.5 Å². The van der Waals surface area contributed by atoms with E-state index >= 15 is 0 Å². The molecule has 6 atom stereocenters. The maximum Gasteiger partial charge on any atom is 0.243 e. The van der Waals surface area contributed by atoms with E-state index < -0.39 is 41.9 Å². The average Bonchev–Trinajstić information content (AvgIpc) is 3.79. The van der Waals surface area contributed by atoms with Gasteiger partial charge < -0.3 is 38.1 Å². The van der Waals surface area contributed by atoms with Crippen LogP contribution in [0.3, 0.4) is 0 Å². The number of nitrogens with two attached hydrogens (primary N) is 2. The summed E-state index contributed by atoms with van der Waals surface area (Å²) in [4.78, 5) is 77.0. The van der Waals surface area contributed by atoms with Crippen molar-refractivity contribution in [1.82, 2.24) is 31.6 Å². The van der Waals surface area contributed by atoms with Crippen molar-refractivity contribution in [3.63, 3.8) is 0 Å². The van der Waals surface area contributed by atoms with Crippen LogP contribution in [0.15, 0.2) is 95.7 Å². The molecule has 2 unspecified atom stereocenters. The van der Waals surface area contributed by atoms with Crippen LogP contribution >= 0.6 is 11.3 Å². The molecular weight excluding hydrogens is 731 g/mol. The molecule has 0 fully saturated rings. The van der Waals surface area contributed by atoms with Gasteiger partial charge >= 0.3 is 0 Å². The predicted molar refractivity (Wildman–Crippen MR) is 218 cm³/mol. The van der Waals surface area contributed by atoms with Gasteiger partial charge in [0.05, 0.1) is 22.3 Å². The normalized spacial score (nSPS) is 17.8. The smallest absolute Gasteiger partial charge is 0.243 e. The van der Waals surface area contributed by atoms with Crippen molar-refractivity contribution in [3.8, 4) is 0 Å². The quantitative estimate of drug-likeness (QED) is 0.0411. The van der Waals surface area contributed by atoms with Gasteiger partial charge in [-0.25, -0.2) is 4.98 Å². The third-order valence-corrected chi connectivity index (χ3v) is 10.5. The second-order valence-electron chi connectivity index (χ2n) is 14.5. The van der Waals surface area contributed by atoms with Crippen molar-refractivity contribution in [2.75, 3.05) is 6.54 Å². The summed E-state index contributed by atoms with van der Waals surface area (Å²) in [6.45, 7) is 5.43. The van der Waals surface area contributed by atoms with Crippen LogP contribution in [0.5, 0.6) is 0 Å². The minimum atomic E-state index is -1.12. The third kappa shape index (κ3) is 11.6. The van der Waals surface area contributed by atoms with Gasteiger partial charge in [0.25, 0.3) is 0 Å². The third-order valence-electron chi connectivity index (χ3n) is 9.50. The number of ketones is 1. The zero-order valence-corrected chi connectivity index (χ0v) is 32.7. The van der Waals surface area contributed by atoms with Crippen LogP contribution in [0.4, 0.5) is 0 Å². The van der Waals surface area contributed by atoms with E-state index in [-0.39, 0.29) is 72.8 Å². The first-order valence-electron chi connectivity index (χ1n) is 18.8. The molecule has 4 amide bonds. The highest BCUT2D eigenvalue weighted by atomic mass is 32.1. The summed E-state index contributed by atoms with van der Waals surface area (Å²) in [6.07, 6.45) is 11.1. The highest BCUT2D eigenvalue weighted by Gasteiger charge is 2.35. The second-order valence-corrected chi connectivity index (χ2v) is 15.5. The molecule has 1 aliphatic carbocycles. The number of hydrogen-bond acceptors (Lipinski definition) is 9. The maximum absolute atomic E-state index is 14.2. The SMILES string of the molecule is CC(=O)N[C@@H](CC1=CNC2C=CC=CC12)C(=O)N[C@@H](CC(C)C)C(=O)N[C@@H](Cc1ccccc1)C(=O)N[C@@H](CCCN=C(N)N)C(=O)c1nc2ccccc2s1. The molecule has 3 aromatic rings. The molecule has 14 nitrogen and oxygen atoms in total. The molecule has 1 aliphatic heterocycles. The molecule has 5 rings (SSSR count). The molecule has 56 heavy (non-hydrogen) atoms. The van der Waals surface area contributed by atoms with Gasteiger partial charge in [0, 0.05) is 25.8 Å². The molecule has 1 aromatic heterocycles. The Balaban J connectivity index is 1.35. The number of Topliss-reactive ketones (excluding diaryl/α,β-unsaturated/α-hetero) is 1. The molecule has 2 heterocycles. The highest BCUT2D eigenvalue weighted by molar-refractivity contribution is 7.20. The number of allylic oxidation sites excluding steroid dienone is 2. The Labute approximate surface area is 330 Å². The molecule has 15 heteroatoms. The molecule has 2 aliphatic rings. The summed E-state index contributed by atoms with van der Waals surface area (Å²) in [7, 11) is 0. The summed E-state index contributed by atoms with van der Waals surface area (Å²) in [5.74, 6) is -2.51. The van der Waals surface area contributed by atoms with E-state index in [9.17, 15) is 24.0 Å². The number of amides is 4. The Hall–Kier alpha value is -5.83. The monoisotopic (exact) mass is 781 g/mol. The maximum atomic E-state index is 14.2. The summed E-state index contributed by atoms with van der Waals surface area (Å²) in [5, 5.41) is 15.0. The Morgan fingerprint density at radius 3 is 2.16 bits per heavy atom. The number of aromatic nitrogens is 1. The van der Waals surface area contributed by atoms with Gasteiger partial charge in [0.2, 0.25) is 29.4 Å². The first kappa shape index (κ1) is 41.3. The highest BCUT2D eigenvalue weighted by Crippen LogP contribution is 2.29. The molecule has 0 bridgehead atoms. The zero-order chi connectivity index (χ0) is 40.2. The van der Waals surface area contributed by atoms with E-state index in [1.54, 1.807) is 0 Å². The van der Waals surface area contributed by atoms with Gasteiger partial charge in [0.15, 0.2) is 11.0 Å². The Kier molecular flexibility index (Phi) is 14.5. The molecule has 2 aromatic carbocycles. The van der Waals surface area contributed by atoms with Crippen LogP contribution in [0.25, 0.3) is 10.2 Å². The summed E-state index contributed by atoms with van der Waals surface area (Å²) >= 11 is 1.23. The van der Waals surface area contributed by atoms with Gasteiger partial charge in [-0.05, 0) is 61.1 Å². The number of nitrogens with zero attached hydrogens (tertiary/aromatic N) is 2. The van der Waals surface area contributed by atoms with E-state index in [1.807, 2.05) is 98.9 Å². The zero-order valence-electron chi connectivity index (χ0n) is 31.9. The Morgan fingerprint density at radius 1 is 0.821 bits per heavy atom. The van der Waals surface area contributed by atoms with E-state index in [1.165, 1.54) is 18.3 Å². The number of para-hydroxylation sites is 1. The molecular formula is C41H51N9O5S. The Morgan fingerprint density at radius 2 is 1.46 bits per heavy atom. The number of carbonyl (C=O) groups is 5. The van der Waals surface area contributed by atoms with Crippen molar-refractivity contribution < 1.29 is 24.0 Å². The van der Waals surface area contributed by atoms with Gasteiger partial charge in [-0.15, -0.1) is 11.3 Å². The number of benzene rings is 2. The van der Waals surface area contributed by atoms with Gasteiger partial charge in [0.1, 0.15) is 18.1 Å². The van der Waals surface area contributed by atoms with E-state index in [2.05, 4.69) is 36.6 Å². The van der Waals surface area contributed by atoms with Gasteiger partial charge in [-0.2, -0.15) is 0 Å². The van der Waals surface area contributed by atoms with Gasteiger partial charge in [-0.3, -0.25) is 29.0 Å². The molecule has 9 N–H and O–H groups in total. The average molecular weight is 782 g/mol. The number of carbonyl (C=O) groups excluding carboxylic acids is 5. The summed E-state index contributed by atoms with van der Waals surface area (Å²) < 4.78 is 0.832. The number of fused-ring (bicyclic) bond motifs is 2. The van der Waals surface area contributed by atoms with Crippen LogP contribution in [0, 0.1) is 11.8 Å². The standard InChI is InChI=1S/C41H51N9O5S/c1-24(2)20-32(48-39(55)34(46-25(3)51)22-27-23-45-29-15-8-7-14-28(27)29)37(53)49-33(21-26-12-5-4-6-13-26)38(54)47-31(17-11-19-44-41(42)43)36(52)40-50-30-16-9-10-18-35(30)56-40/h4-10,12-16,18,23-24,28-29,31-34,45H,11,17,19-22H2,1-3H3,(H,46,51)(H,47,54)(H,48,55)(H,49,53)(H4,42,43,44)/t28?,29?,31-,32-,33-,34-/m0/s1. The van der Waals surface area contributed by atoms with Crippen molar-refractivity contribution in [2.45, 2.75) is 83.1 Å². The minimum Gasteiger partial charge on any atom is -0.384 e. The first-order chi connectivity index (χ1) is 26.9. The number of rotatable bonds is 19. The van der Waals surface area contributed by atoms with Crippen LogP contribution in [0.2, 0.25) is 0 Å². The van der Waals surface area contributed by atoms with Crippen molar-refractivity contribution in [2.24, 2.45) is 28.3 Å². The number of thiazole rings is 1. The molecule has 0 saturated heterocycles. The minimum absolute atomic E-state index is 0.0191. The Bertz CT molecular complexity index is 1970. The lowest BCUT2D eigenvalue weighted by Gasteiger charge is -2.28. The van der Waals surface area contributed by atoms with E-state index in [0.29, 0.717) is 11.9 Å². The van der Waals surface area contributed by atoms with Crippen LogP contribution in [-0.2, 0) is 25.6 Å². The first-order valence-corrected chi connectivity index (χ1v) is 19.7. The summed E-state index contributed by atoms with van der Waals surface area (Å²) in [5.41, 5.74) is 13.4. The molecule has 0 saturated carbocycles. The number of hydrogen-bond donors (Lipinski definition) is 7. The lowest BCUT2D eigenvalue weighted by molar-refractivity contribution is -0.133. The van der Waals surface area contributed by atoms with Crippen LogP contribution < -0.4 is 38.1 Å². The molecule has 0 spiro atoms. The second kappa shape index (κ2) is 19.7. The number of aliphatic imine (C=N–C) groups is 1. The molecule has 0 radical (unpaired) electrons. The lowest BCUT2D eigenvalue weighted by Crippen LogP contribution is -2.58. The molecule has 296 valence electrons.